The Bertz CT molecular complexity index is 317. The molecule has 0 aliphatic rings. The average Bonchev–Trinajstić information content (AvgIpc) is 2.17. The molecule has 0 unspecified atom stereocenters. The summed E-state index contributed by atoms with van der Waals surface area (Å²) >= 11 is 3.36. The molecule has 1 aromatic rings. The van der Waals surface area contributed by atoms with Gasteiger partial charge in [0.1, 0.15) is 0 Å². The fourth-order valence-corrected chi connectivity index (χ4v) is 1.39. The molecule has 76 valence electrons. The van der Waals surface area contributed by atoms with Gasteiger partial charge >= 0.3 is 0 Å². The number of amides is 1. The maximum Gasteiger partial charge on any atom is 0.235 e. The van der Waals surface area contributed by atoms with Crippen LogP contribution in [0.3, 0.4) is 0 Å². The van der Waals surface area contributed by atoms with Crippen LogP contribution >= 0.6 is 15.9 Å². The second kappa shape index (κ2) is 5.62. The van der Waals surface area contributed by atoms with Crippen LogP contribution < -0.4 is 16.6 Å². The Morgan fingerprint density at radius 2 is 2.29 bits per heavy atom. The molecule has 4 nitrogen and oxygen atoms in total. The molecule has 4 N–H and O–H groups in total. The van der Waals surface area contributed by atoms with E-state index in [1.165, 1.54) is 0 Å². The monoisotopic (exact) mass is 257 g/mol. The summed E-state index contributed by atoms with van der Waals surface area (Å²) in [6, 6.07) is 7.75. The Labute approximate surface area is 91.0 Å². The highest BCUT2D eigenvalue weighted by Crippen LogP contribution is 2.15. The Kier molecular flexibility index (Phi) is 4.42. The van der Waals surface area contributed by atoms with Crippen LogP contribution in [0.2, 0.25) is 0 Å². The third-order valence-corrected chi connectivity index (χ3v) is 2.16. The van der Waals surface area contributed by atoms with Crippen molar-refractivity contribution in [3.63, 3.8) is 0 Å². The second-order valence-corrected chi connectivity index (χ2v) is 3.67. The van der Waals surface area contributed by atoms with Crippen molar-refractivity contribution in [1.82, 2.24) is 5.43 Å². The highest BCUT2D eigenvalue weighted by Gasteiger charge is 1.97. The highest BCUT2D eigenvalue weighted by molar-refractivity contribution is 9.10. The van der Waals surface area contributed by atoms with Crippen LogP contribution in [0.1, 0.15) is 6.42 Å². The molecule has 0 aromatic heterocycles. The summed E-state index contributed by atoms with van der Waals surface area (Å²) < 4.78 is 1.01. The van der Waals surface area contributed by atoms with Gasteiger partial charge in [0.05, 0.1) is 0 Å². The van der Waals surface area contributed by atoms with E-state index in [0.717, 1.165) is 10.2 Å². The zero-order valence-corrected chi connectivity index (χ0v) is 9.17. The minimum atomic E-state index is -0.174. The van der Waals surface area contributed by atoms with Crippen LogP contribution in [0.5, 0.6) is 0 Å². The van der Waals surface area contributed by atoms with E-state index in [1.54, 1.807) is 0 Å². The minimum Gasteiger partial charge on any atom is -0.384 e. The molecule has 0 bridgehead atoms. The van der Waals surface area contributed by atoms with Crippen molar-refractivity contribution in [3.8, 4) is 0 Å². The van der Waals surface area contributed by atoms with Crippen LogP contribution in [0.4, 0.5) is 5.69 Å². The Balaban J connectivity index is 2.35. The first-order chi connectivity index (χ1) is 6.72. The van der Waals surface area contributed by atoms with Crippen molar-refractivity contribution in [1.29, 1.82) is 0 Å². The molecule has 0 atom stereocenters. The van der Waals surface area contributed by atoms with Gasteiger partial charge in [0.15, 0.2) is 0 Å². The number of carbonyl (C=O) groups excluding carboxylic acids is 1. The van der Waals surface area contributed by atoms with E-state index >= 15 is 0 Å². The standard InChI is InChI=1S/C9H12BrN3O/c10-7-2-1-3-8(6-7)12-5-4-9(14)13-11/h1-3,6,12H,4-5,11H2,(H,13,14). The molecule has 0 aliphatic carbocycles. The topological polar surface area (TPSA) is 67.1 Å². The number of benzene rings is 1. The van der Waals surface area contributed by atoms with E-state index < -0.39 is 0 Å². The zero-order valence-electron chi connectivity index (χ0n) is 7.59. The SMILES string of the molecule is NNC(=O)CCNc1cccc(Br)c1. The summed E-state index contributed by atoms with van der Waals surface area (Å²) in [7, 11) is 0. The molecule has 0 aliphatic heterocycles. The summed E-state index contributed by atoms with van der Waals surface area (Å²) in [5.41, 5.74) is 3.05. The first-order valence-electron chi connectivity index (χ1n) is 4.21. The lowest BCUT2D eigenvalue weighted by molar-refractivity contribution is -0.120. The molecular weight excluding hydrogens is 246 g/mol. The number of hydrazine groups is 1. The molecule has 0 saturated heterocycles. The normalized spacial score (nSPS) is 9.57. The van der Waals surface area contributed by atoms with Gasteiger partial charge in [-0.1, -0.05) is 22.0 Å². The van der Waals surface area contributed by atoms with E-state index in [-0.39, 0.29) is 5.91 Å². The highest BCUT2D eigenvalue weighted by atomic mass is 79.9. The van der Waals surface area contributed by atoms with Crippen molar-refractivity contribution in [2.45, 2.75) is 6.42 Å². The molecule has 1 amide bonds. The molecule has 14 heavy (non-hydrogen) atoms. The van der Waals surface area contributed by atoms with Crippen LogP contribution in [0.15, 0.2) is 28.7 Å². The molecule has 0 fully saturated rings. The number of nitrogens with one attached hydrogen (secondary N) is 2. The lowest BCUT2D eigenvalue weighted by Gasteiger charge is -2.05. The lowest BCUT2D eigenvalue weighted by Crippen LogP contribution is -2.31. The van der Waals surface area contributed by atoms with Crippen LogP contribution in [0, 0.1) is 0 Å². The molecule has 1 rings (SSSR count). The molecular formula is C9H12BrN3O. The Morgan fingerprint density at radius 1 is 1.50 bits per heavy atom. The third kappa shape index (κ3) is 3.76. The van der Waals surface area contributed by atoms with Crippen molar-refractivity contribution < 1.29 is 4.79 Å². The van der Waals surface area contributed by atoms with Crippen LogP contribution in [0.25, 0.3) is 0 Å². The van der Waals surface area contributed by atoms with Crippen molar-refractivity contribution in [3.05, 3.63) is 28.7 Å². The number of hydrogen-bond donors (Lipinski definition) is 3. The molecule has 0 spiro atoms. The van der Waals surface area contributed by atoms with Gasteiger partial charge in [-0.2, -0.15) is 0 Å². The summed E-state index contributed by atoms with van der Waals surface area (Å²) in [5, 5.41) is 3.10. The van der Waals surface area contributed by atoms with Crippen molar-refractivity contribution in [2.75, 3.05) is 11.9 Å². The maximum absolute atomic E-state index is 10.8. The summed E-state index contributed by atoms with van der Waals surface area (Å²) in [5.74, 6) is 4.77. The molecule has 0 saturated carbocycles. The quantitative estimate of drug-likeness (QED) is 0.432. The second-order valence-electron chi connectivity index (χ2n) is 2.75. The fraction of sp³-hybridized carbons (Fsp3) is 0.222. The van der Waals surface area contributed by atoms with Crippen LogP contribution in [-0.4, -0.2) is 12.5 Å². The smallest absolute Gasteiger partial charge is 0.235 e. The summed E-state index contributed by atoms with van der Waals surface area (Å²) in [4.78, 5) is 10.8. The van der Waals surface area contributed by atoms with Gasteiger partial charge in [0, 0.05) is 23.1 Å². The fourth-order valence-electron chi connectivity index (χ4n) is 0.991. The average molecular weight is 258 g/mol. The number of hydrogen-bond acceptors (Lipinski definition) is 3. The molecule has 5 heteroatoms. The maximum atomic E-state index is 10.8. The van der Waals surface area contributed by atoms with E-state index in [4.69, 9.17) is 5.84 Å². The van der Waals surface area contributed by atoms with E-state index in [0.29, 0.717) is 13.0 Å². The van der Waals surface area contributed by atoms with Gasteiger partial charge in [-0.3, -0.25) is 10.2 Å². The Morgan fingerprint density at radius 3 is 2.93 bits per heavy atom. The zero-order chi connectivity index (χ0) is 10.4. The van der Waals surface area contributed by atoms with Gasteiger partial charge in [-0.05, 0) is 18.2 Å². The van der Waals surface area contributed by atoms with Crippen molar-refractivity contribution in [2.24, 2.45) is 5.84 Å². The molecule has 0 radical (unpaired) electrons. The molecule has 0 heterocycles. The number of nitrogens with two attached hydrogens (primary N) is 1. The number of halogens is 1. The van der Waals surface area contributed by atoms with Gasteiger partial charge < -0.3 is 5.32 Å². The largest absolute Gasteiger partial charge is 0.384 e. The van der Waals surface area contributed by atoms with Crippen LogP contribution in [-0.2, 0) is 4.79 Å². The number of rotatable bonds is 4. The Hall–Kier alpha value is -1.07. The van der Waals surface area contributed by atoms with E-state index in [1.807, 2.05) is 24.3 Å². The first-order valence-corrected chi connectivity index (χ1v) is 5.00. The van der Waals surface area contributed by atoms with E-state index in [2.05, 4.69) is 26.7 Å². The van der Waals surface area contributed by atoms with E-state index in [9.17, 15) is 4.79 Å². The number of carbonyl (C=O) groups is 1. The van der Waals surface area contributed by atoms with Gasteiger partial charge in [0.25, 0.3) is 0 Å². The predicted molar refractivity (Wildman–Crippen MR) is 59.6 cm³/mol. The van der Waals surface area contributed by atoms with Gasteiger partial charge in [-0.25, -0.2) is 5.84 Å². The minimum absolute atomic E-state index is 0.174. The number of anilines is 1. The van der Waals surface area contributed by atoms with Gasteiger partial charge in [-0.15, -0.1) is 0 Å². The summed E-state index contributed by atoms with van der Waals surface area (Å²) in [6.45, 7) is 0.569. The third-order valence-electron chi connectivity index (χ3n) is 1.67. The summed E-state index contributed by atoms with van der Waals surface area (Å²) in [6.07, 6.45) is 0.364. The molecule has 1 aromatic carbocycles. The predicted octanol–water partition coefficient (Wildman–Crippen LogP) is 1.24. The van der Waals surface area contributed by atoms with Gasteiger partial charge in [0.2, 0.25) is 5.91 Å². The lowest BCUT2D eigenvalue weighted by atomic mass is 10.3. The first kappa shape index (κ1) is 11.0. The van der Waals surface area contributed by atoms with Crippen molar-refractivity contribution >= 4 is 27.5 Å².